The van der Waals surface area contributed by atoms with E-state index in [-0.39, 0.29) is 17.8 Å². The number of rotatable bonds is 5. The number of fused-ring (bicyclic) bond motifs is 1. The number of aryl methyl sites for hydroxylation is 1. The Morgan fingerprint density at radius 1 is 0.806 bits per heavy atom. The first-order chi connectivity index (χ1) is 15.1. The monoisotopic (exact) mass is 415 g/mol. The predicted molar refractivity (Wildman–Crippen MR) is 122 cm³/mol. The molecule has 0 spiro atoms. The predicted octanol–water partition coefficient (Wildman–Crippen LogP) is 2.59. The molecule has 0 unspecified atom stereocenters. The van der Waals surface area contributed by atoms with E-state index in [0.29, 0.717) is 17.7 Å². The zero-order chi connectivity index (χ0) is 21.4. The third-order valence-electron chi connectivity index (χ3n) is 5.97. The summed E-state index contributed by atoms with van der Waals surface area (Å²) >= 11 is 0. The first-order valence-electron chi connectivity index (χ1n) is 10.7. The summed E-state index contributed by atoms with van der Waals surface area (Å²) in [6, 6.07) is 19.6. The van der Waals surface area contributed by atoms with Gasteiger partial charge in [0.2, 0.25) is 5.95 Å². The van der Waals surface area contributed by atoms with Crippen molar-refractivity contribution in [1.82, 2.24) is 18.7 Å². The van der Waals surface area contributed by atoms with E-state index in [1.807, 2.05) is 65.2 Å². The molecule has 4 aromatic rings. The van der Waals surface area contributed by atoms with Gasteiger partial charge in [0, 0.05) is 20.1 Å². The molecule has 1 fully saturated rings. The largest absolute Gasteiger partial charge is 0.342 e. The summed E-state index contributed by atoms with van der Waals surface area (Å²) in [4.78, 5) is 33.7. The Morgan fingerprint density at radius 3 is 1.94 bits per heavy atom. The van der Waals surface area contributed by atoms with Gasteiger partial charge in [-0.15, -0.1) is 0 Å². The molecule has 0 atom stereocenters. The van der Waals surface area contributed by atoms with Crippen molar-refractivity contribution in [1.29, 1.82) is 0 Å². The van der Waals surface area contributed by atoms with Crippen LogP contribution in [0.3, 0.4) is 0 Å². The van der Waals surface area contributed by atoms with Gasteiger partial charge >= 0.3 is 5.69 Å². The van der Waals surface area contributed by atoms with Crippen LogP contribution in [0.25, 0.3) is 11.2 Å². The maximum Gasteiger partial charge on any atom is 0.332 e. The molecule has 0 saturated carbocycles. The normalized spacial score (nSPS) is 13.9. The molecule has 3 heterocycles. The van der Waals surface area contributed by atoms with Crippen molar-refractivity contribution in [2.45, 2.75) is 25.9 Å². The minimum atomic E-state index is -0.348. The fourth-order valence-electron chi connectivity index (χ4n) is 4.34. The van der Waals surface area contributed by atoms with E-state index in [4.69, 9.17) is 4.98 Å². The fraction of sp³-hybridized carbons (Fsp3) is 0.292. The molecule has 0 amide bonds. The Balaban J connectivity index is 1.74. The highest BCUT2D eigenvalue weighted by molar-refractivity contribution is 5.75. The maximum atomic E-state index is 13.6. The van der Waals surface area contributed by atoms with Crippen LogP contribution in [-0.2, 0) is 20.1 Å². The van der Waals surface area contributed by atoms with Gasteiger partial charge in [0.15, 0.2) is 11.2 Å². The molecule has 158 valence electrons. The van der Waals surface area contributed by atoms with Crippen molar-refractivity contribution in [2.24, 2.45) is 7.05 Å². The fourth-order valence-corrected chi connectivity index (χ4v) is 4.34. The molecule has 0 radical (unpaired) electrons. The second-order valence-corrected chi connectivity index (χ2v) is 8.07. The molecule has 0 bridgehead atoms. The minimum Gasteiger partial charge on any atom is -0.342 e. The second-order valence-electron chi connectivity index (χ2n) is 8.07. The summed E-state index contributed by atoms with van der Waals surface area (Å²) in [6.45, 7) is 2.58. The van der Waals surface area contributed by atoms with E-state index in [2.05, 4.69) is 4.90 Å². The van der Waals surface area contributed by atoms with Crippen LogP contribution in [0.4, 0.5) is 5.95 Å². The highest BCUT2D eigenvalue weighted by Gasteiger charge is 2.25. The number of hydrogen-bond donors (Lipinski definition) is 0. The van der Waals surface area contributed by atoms with Crippen LogP contribution in [0.15, 0.2) is 70.3 Å². The maximum absolute atomic E-state index is 13.6. The van der Waals surface area contributed by atoms with Crippen molar-refractivity contribution in [3.8, 4) is 0 Å². The molecule has 1 saturated heterocycles. The van der Waals surface area contributed by atoms with E-state index in [9.17, 15) is 9.59 Å². The van der Waals surface area contributed by atoms with Gasteiger partial charge in [-0.05, 0) is 24.0 Å². The van der Waals surface area contributed by atoms with Gasteiger partial charge in [0.1, 0.15) is 0 Å². The van der Waals surface area contributed by atoms with Gasteiger partial charge in [0.05, 0.1) is 13.1 Å². The van der Waals surface area contributed by atoms with E-state index in [0.717, 1.165) is 43.0 Å². The molecule has 31 heavy (non-hydrogen) atoms. The Hall–Kier alpha value is -3.61. The quantitative estimate of drug-likeness (QED) is 0.503. The summed E-state index contributed by atoms with van der Waals surface area (Å²) in [6.07, 6.45) is 2.21. The highest BCUT2D eigenvalue weighted by Crippen LogP contribution is 2.24. The lowest BCUT2D eigenvalue weighted by Gasteiger charge is -2.18. The summed E-state index contributed by atoms with van der Waals surface area (Å²) in [5, 5.41) is 0. The Morgan fingerprint density at radius 2 is 1.35 bits per heavy atom. The number of aromatic nitrogens is 4. The van der Waals surface area contributed by atoms with Crippen LogP contribution in [-0.4, -0.2) is 31.8 Å². The lowest BCUT2D eigenvalue weighted by atomic mass is 10.2. The van der Waals surface area contributed by atoms with Crippen molar-refractivity contribution in [2.75, 3.05) is 18.0 Å². The number of benzene rings is 2. The van der Waals surface area contributed by atoms with Crippen molar-refractivity contribution in [3.63, 3.8) is 0 Å². The standard InChI is InChI=1S/C24H25N5O2/c1-26-21-20(22(30)29(24(26)31)17-19-12-6-3-7-13-19)28(16-18-10-4-2-5-11-18)23(25-21)27-14-8-9-15-27/h2-7,10-13H,8-9,14-17H2,1H3. The molecule has 7 nitrogen and oxygen atoms in total. The third-order valence-corrected chi connectivity index (χ3v) is 5.97. The Bertz CT molecular complexity index is 1330. The number of anilines is 1. The van der Waals surface area contributed by atoms with Crippen molar-refractivity contribution >= 4 is 17.1 Å². The zero-order valence-corrected chi connectivity index (χ0v) is 17.6. The average Bonchev–Trinajstić information content (AvgIpc) is 3.45. The lowest BCUT2D eigenvalue weighted by molar-refractivity contribution is 0.653. The van der Waals surface area contributed by atoms with Crippen molar-refractivity contribution < 1.29 is 0 Å². The summed E-state index contributed by atoms with van der Waals surface area (Å²) in [7, 11) is 1.69. The van der Waals surface area contributed by atoms with Gasteiger partial charge in [-0.25, -0.2) is 4.79 Å². The summed E-state index contributed by atoms with van der Waals surface area (Å²) in [5.41, 5.74) is 2.27. The topological polar surface area (TPSA) is 65.1 Å². The smallest absolute Gasteiger partial charge is 0.332 e. The van der Waals surface area contributed by atoms with Crippen LogP contribution in [0, 0.1) is 0 Å². The molecule has 1 aliphatic heterocycles. The molecule has 0 N–H and O–H groups in total. The Kier molecular flexibility index (Phi) is 4.94. The van der Waals surface area contributed by atoms with Crippen LogP contribution in [0.2, 0.25) is 0 Å². The molecular weight excluding hydrogens is 390 g/mol. The molecule has 2 aromatic heterocycles. The van der Waals surface area contributed by atoms with Gasteiger partial charge < -0.3 is 4.90 Å². The molecule has 7 heteroatoms. The van der Waals surface area contributed by atoms with Crippen LogP contribution >= 0.6 is 0 Å². The third kappa shape index (κ3) is 3.46. The van der Waals surface area contributed by atoms with E-state index < -0.39 is 0 Å². The number of hydrogen-bond acceptors (Lipinski definition) is 4. The first kappa shape index (κ1) is 19.4. The molecule has 1 aliphatic rings. The summed E-state index contributed by atoms with van der Waals surface area (Å²) in [5.74, 6) is 0.765. The van der Waals surface area contributed by atoms with Crippen molar-refractivity contribution in [3.05, 3.63) is 92.6 Å². The average molecular weight is 415 g/mol. The molecule has 5 rings (SSSR count). The molecule has 2 aromatic carbocycles. The molecular formula is C24H25N5O2. The number of nitrogens with zero attached hydrogens (tertiary/aromatic N) is 5. The first-order valence-corrected chi connectivity index (χ1v) is 10.7. The van der Waals surface area contributed by atoms with Crippen LogP contribution < -0.4 is 16.1 Å². The Labute approximate surface area is 179 Å². The second kappa shape index (κ2) is 7.91. The SMILES string of the molecule is Cn1c(=O)n(Cc2ccccc2)c(=O)c2c1nc(N1CCCC1)n2Cc1ccccc1. The molecule has 0 aliphatic carbocycles. The van der Waals surface area contributed by atoms with Crippen LogP contribution in [0.1, 0.15) is 24.0 Å². The van der Waals surface area contributed by atoms with E-state index in [1.54, 1.807) is 7.05 Å². The van der Waals surface area contributed by atoms with E-state index >= 15 is 0 Å². The van der Waals surface area contributed by atoms with Crippen LogP contribution in [0.5, 0.6) is 0 Å². The van der Waals surface area contributed by atoms with Gasteiger partial charge in [-0.1, -0.05) is 60.7 Å². The minimum absolute atomic E-state index is 0.234. The zero-order valence-electron chi connectivity index (χ0n) is 17.6. The van der Waals surface area contributed by atoms with Gasteiger partial charge in [-0.2, -0.15) is 4.98 Å². The number of imidazole rings is 1. The lowest BCUT2D eigenvalue weighted by Crippen LogP contribution is -2.40. The van der Waals surface area contributed by atoms with Gasteiger partial charge in [-0.3, -0.25) is 18.5 Å². The van der Waals surface area contributed by atoms with Gasteiger partial charge in [0.25, 0.3) is 5.56 Å². The summed E-state index contributed by atoms with van der Waals surface area (Å²) < 4.78 is 4.80. The highest BCUT2D eigenvalue weighted by atomic mass is 16.2. The van der Waals surface area contributed by atoms with E-state index in [1.165, 1.54) is 9.13 Å².